The SMILES string of the molecule is [C-]#[N+][C@H]1C[C@H](n2cc(C)c(=O)[nH]c2=O)O[C@@H]1CO. The van der Waals surface area contributed by atoms with Gasteiger partial charge in [-0.05, 0) is 6.92 Å². The summed E-state index contributed by atoms with van der Waals surface area (Å²) in [4.78, 5) is 28.5. The molecule has 0 saturated carbocycles. The molecule has 0 aromatic carbocycles. The molecule has 96 valence electrons. The van der Waals surface area contributed by atoms with Gasteiger partial charge in [0.2, 0.25) is 0 Å². The molecule has 1 aliphatic heterocycles. The van der Waals surface area contributed by atoms with E-state index in [4.69, 9.17) is 16.4 Å². The second-order valence-electron chi connectivity index (χ2n) is 4.22. The maximum absolute atomic E-state index is 11.7. The van der Waals surface area contributed by atoms with Crippen LogP contribution >= 0.6 is 0 Å². The third-order valence-electron chi connectivity index (χ3n) is 3.01. The van der Waals surface area contributed by atoms with Crippen molar-refractivity contribution in [2.45, 2.75) is 31.7 Å². The van der Waals surface area contributed by atoms with E-state index in [9.17, 15) is 9.59 Å². The third-order valence-corrected chi connectivity index (χ3v) is 3.01. The molecular weight excluding hydrogens is 238 g/mol. The number of aliphatic hydroxyl groups is 1. The van der Waals surface area contributed by atoms with Gasteiger partial charge in [-0.3, -0.25) is 14.3 Å². The molecule has 0 bridgehead atoms. The number of rotatable bonds is 2. The zero-order chi connectivity index (χ0) is 13.3. The van der Waals surface area contributed by atoms with Crippen LogP contribution in [0.4, 0.5) is 0 Å². The van der Waals surface area contributed by atoms with Crippen LogP contribution in [0.1, 0.15) is 18.2 Å². The number of aliphatic hydroxyl groups excluding tert-OH is 1. The number of aryl methyl sites for hydroxylation is 1. The van der Waals surface area contributed by atoms with Gasteiger partial charge in [-0.15, -0.1) is 0 Å². The number of H-pyrrole nitrogens is 1. The smallest absolute Gasteiger partial charge is 0.330 e. The molecule has 0 amide bonds. The van der Waals surface area contributed by atoms with Gasteiger partial charge in [0.25, 0.3) is 11.6 Å². The first-order valence-electron chi connectivity index (χ1n) is 5.51. The molecule has 2 rings (SSSR count). The molecule has 1 aliphatic rings. The van der Waals surface area contributed by atoms with Crippen molar-refractivity contribution in [3.63, 3.8) is 0 Å². The molecule has 7 heteroatoms. The molecule has 1 fully saturated rings. The number of hydrogen-bond donors (Lipinski definition) is 2. The summed E-state index contributed by atoms with van der Waals surface area (Å²) < 4.78 is 6.71. The molecule has 2 heterocycles. The van der Waals surface area contributed by atoms with E-state index in [1.165, 1.54) is 10.8 Å². The molecule has 0 spiro atoms. The van der Waals surface area contributed by atoms with Crippen LogP contribution < -0.4 is 11.2 Å². The van der Waals surface area contributed by atoms with Crippen molar-refractivity contribution in [1.82, 2.24) is 9.55 Å². The second-order valence-corrected chi connectivity index (χ2v) is 4.22. The lowest BCUT2D eigenvalue weighted by Gasteiger charge is -2.13. The highest BCUT2D eigenvalue weighted by atomic mass is 16.5. The summed E-state index contributed by atoms with van der Waals surface area (Å²) in [6.07, 6.45) is 0.517. The van der Waals surface area contributed by atoms with E-state index in [2.05, 4.69) is 9.83 Å². The zero-order valence-corrected chi connectivity index (χ0v) is 9.79. The average Bonchev–Trinajstić information content (AvgIpc) is 2.76. The van der Waals surface area contributed by atoms with Gasteiger partial charge in [0, 0.05) is 11.8 Å². The van der Waals surface area contributed by atoms with Crippen molar-refractivity contribution in [3.8, 4) is 0 Å². The Morgan fingerprint density at radius 3 is 2.94 bits per heavy atom. The fourth-order valence-electron chi connectivity index (χ4n) is 1.99. The molecule has 1 aromatic rings. The molecular formula is C11H13N3O4. The van der Waals surface area contributed by atoms with E-state index in [-0.39, 0.29) is 6.61 Å². The van der Waals surface area contributed by atoms with Crippen LogP contribution in [-0.4, -0.2) is 33.4 Å². The van der Waals surface area contributed by atoms with Crippen molar-refractivity contribution in [2.24, 2.45) is 0 Å². The van der Waals surface area contributed by atoms with Gasteiger partial charge < -0.3 is 14.7 Å². The molecule has 0 aliphatic carbocycles. The van der Waals surface area contributed by atoms with Crippen LogP contribution in [0.3, 0.4) is 0 Å². The van der Waals surface area contributed by atoms with Crippen molar-refractivity contribution >= 4 is 0 Å². The molecule has 2 N–H and O–H groups in total. The number of aromatic nitrogens is 2. The number of nitrogens with zero attached hydrogens (tertiary/aromatic N) is 2. The van der Waals surface area contributed by atoms with Crippen LogP contribution in [0, 0.1) is 13.5 Å². The van der Waals surface area contributed by atoms with Crippen LogP contribution in [0.25, 0.3) is 4.85 Å². The molecule has 0 radical (unpaired) electrons. The topological polar surface area (TPSA) is 88.7 Å². The van der Waals surface area contributed by atoms with Gasteiger partial charge in [0.05, 0.1) is 13.0 Å². The lowest BCUT2D eigenvalue weighted by molar-refractivity contribution is -0.0255. The van der Waals surface area contributed by atoms with E-state index < -0.39 is 29.6 Å². The quantitative estimate of drug-likeness (QED) is 0.688. The van der Waals surface area contributed by atoms with Gasteiger partial charge >= 0.3 is 5.69 Å². The summed E-state index contributed by atoms with van der Waals surface area (Å²) in [6.45, 7) is 8.32. The molecule has 1 aromatic heterocycles. The lowest BCUT2D eigenvalue weighted by atomic mass is 10.1. The van der Waals surface area contributed by atoms with Gasteiger partial charge in [-0.1, -0.05) is 0 Å². The maximum Gasteiger partial charge on any atom is 0.330 e. The summed E-state index contributed by atoms with van der Waals surface area (Å²) in [6, 6.07) is -0.473. The second kappa shape index (κ2) is 4.76. The van der Waals surface area contributed by atoms with E-state index in [1.54, 1.807) is 6.92 Å². The van der Waals surface area contributed by atoms with Crippen LogP contribution in [0.15, 0.2) is 15.8 Å². The summed E-state index contributed by atoms with van der Waals surface area (Å²) in [5.74, 6) is 0. The Labute approximate surface area is 102 Å². The largest absolute Gasteiger partial charge is 0.393 e. The first kappa shape index (κ1) is 12.5. The van der Waals surface area contributed by atoms with Crippen molar-refractivity contribution < 1.29 is 9.84 Å². The Morgan fingerprint density at radius 1 is 1.67 bits per heavy atom. The number of hydrogen-bond acceptors (Lipinski definition) is 4. The Balaban J connectivity index is 2.35. The highest BCUT2D eigenvalue weighted by molar-refractivity contribution is 5.03. The molecule has 0 unspecified atom stereocenters. The first-order chi connectivity index (χ1) is 8.56. The summed E-state index contributed by atoms with van der Waals surface area (Å²) >= 11 is 0. The Bertz CT molecular complexity index is 598. The van der Waals surface area contributed by atoms with E-state index >= 15 is 0 Å². The third kappa shape index (κ3) is 2.08. The fraction of sp³-hybridized carbons (Fsp3) is 0.545. The Morgan fingerprint density at radius 2 is 2.39 bits per heavy atom. The standard InChI is InChI=1S/C11H13N3O4/c1-6-4-14(11(17)13-10(6)16)9-3-7(12-2)8(5-15)18-9/h4,7-9,15H,3,5H2,1H3,(H,13,16,17)/t7-,8+,9+/m0/s1. The van der Waals surface area contributed by atoms with Gasteiger partial charge in [0.1, 0.15) is 6.23 Å². The van der Waals surface area contributed by atoms with E-state index in [1.807, 2.05) is 0 Å². The molecule has 3 atom stereocenters. The first-order valence-corrected chi connectivity index (χ1v) is 5.51. The predicted molar refractivity (Wildman–Crippen MR) is 62.1 cm³/mol. The predicted octanol–water partition coefficient (Wildman–Crippen LogP) is -0.587. The van der Waals surface area contributed by atoms with Crippen LogP contribution in [0.2, 0.25) is 0 Å². The Hall–Kier alpha value is -1.91. The minimum atomic E-state index is -0.621. The maximum atomic E-state index is 11.7. The average molecular weight is 251 g/mol. The normalized spacial score (nSPS) is 27.1. The molecule has 18 heavy (non-hydrogen) atoms. The van der Waals surface area contributed by atoms with Crippen molar-refractivity contribution in [2.75, 3.05) is 6.61 Å². The minimum absolute atomic E-state index is 0.263. The van der Waals surface area contributed by atoms with Gasteiger partial charge in [-0.25, -0.2) is 11.4 Å². The number of nitrogens with one attached hydrogen (secondary N) is 1. The summed E-state index contributed by atoms with van der Waals surface area (Å²) in [7, 11) is 0. The summed E-state index contributed by atoms with van der Waals surface area (Å²) in [5.41, 5.74) is -0.613. The van der Waals surface area contributed by atoms with Crippen LogP contribution in [0.5, 0.6) is 0 Å². The van der Waals surface area contributed by atoms with Gasteiger partial charge in [0.15, 0.2) is 6.10 Å². The highest BCUT2D eigenvalue weighted by Gasteiger charge is 2.40. The minimum Gasteiger partial charge on any atom is -0.393 e. The highest BCUT2D eigenvalue weighted by Crippen LogP contribution is 2.29. The number of ether oxygens (including phenoxy) is 1. The Kier molecular flexibility index (Phi) is 3.32. The summed E-state index contributed by atoms with van der Waals surface area (Å²) in [5, 5.41) is 9.09. The van der Waals surface area contributed by atoms with E-state index in [0.29, 0.717) is 12.0 Å². The van der Waals surface area contributed by atoms with Crippen molar-refractivity contribution in [3.05, 3.63) is 44.0 Å². The molecule has 1 saturated heterocycles. The molecule has 7 nitrogen and oxygen atoms in total. The van der Waals surface area contributed by atoms with Gasteiger partial charge in [-0.2, -0.15) is 0 Å². The van der Waals surface area contributed by atoms with Crippen LogP contribution in [-0.2, 0) is 4.74 Å². The van der Waals surface area contributed by atoms with Crippen molar-refractivity contribution in [1.29, 1.82) is 0 Å². The van der Waals surface area contributed by atoms with E-state index in [0.717, 1.165) is 0 Å². The monoisotopic (exact) mass is 251 g/mol. The fourth-order valence-corrected chi connectivity index (χ4v) is 1.99. The lowest BCUT2D eigenvalue weighted by Crippen LogP contribution is -2.33. The zero-order valence-electron chi connectivity index (χ0n) is 9.79. The number of aromatic amines is 1.